The number of rotatable bonds is 0. The van der Waals surface area contributed by atoms with Gasteiger partial charge in [0.05, 0.1) is 0 Å². The van der Waals surface area contributed by atoms with Gasteiger partial charge in [-0.2, -0.15) is 0 Å². The predicted molar refractivity (Wildman–Crippen MR) is 84.8 cm³/mol. The van der Waals surface area contributed by atoms with Crippen LogP contribution in [0.15, 0.2) is 47.1 Å². The molecule has 2 fully saturated rings. The largest absolute Gasteiger partial charge is 0.493 e. The first kappa shape index (κ1) is 15.6. The van der Waals surface area contributed by atoms with Gasteiger partial charge in [-0.25, -0.2) is 8.78 Å². The number of ether oxygens (including phenoxy) is 1. The van der Waals surface area contributed by atoms with Gasteiger partial charge in [-0.05, 0) is 43.7 Å². The Morgan fingerprint density at radius 1 is 1.27 bits per heavy atom. The quantitative estimate of drug-likeness (QED) is 0.710. The maximum absolute atomic E-state index is 12.3. The summed E-state index contributed by atoms with van der Waals surface area (Å²) in [5.41, 5.74) is 0. The number of fused-ring (bicyclic) bond motifs is 3. The zero-order valence-corrected chi connectivity index (χ0v) is 13.0. The van der Waals surface area contributed by atoms with Crippen LogP contribution in [0.2, 0.25) is 0 Å². The van der Waals surface area contributed by atoms with Crippen LogP contribution in [0.1, 0.15) is 12.8 Å². The highest BCUT2D eigenvalue weighted by Gasteiger charge is 2.42. The number of thiol groups is 1. The average Bonchev–Trinajstić information content (AvgIpc) is 2.91. The van der Waals surface area contributed by atoms with Crippen LogP contribution in [0.4, 0.5) is 8.78 Å². The molecule has 4 rings (SSSR count). The number of nitrogens with one attached hydrogen (secondary N) is 1. The van der Waals surface area contributed by atoms with Gasteiger partial charge in [0.1, 0.15) is 23.5 Å². The summed E-state index contributed by atoms with van der Waals surface area (Å²) in [4.78, 5) is 0.0370. The van der Waals surface area contributed by atoms with Gasteiger partial charge in [0.2, 0.25) is 0 Å². The summed E-state index contributed by atoms with van der Waals surface area (Å²) >= 11 is 3.65. The van der Waals surface area contributed by atoms with Crippen molar-refractivity contribution < 1.29 is 13.5 Å². The van der Waals surface area contributed by atoms with E-state index >= 15 is 0 Å². The topological polar surface area (TPSA) is 21.3 Å². The Kier molecular flexibility index (Phi) is 4.84. The molecule has 0 spiro atoms. The molecule has 3 unspecified atom stereocenters. The normalized spacial score (nSPS) is 28.7. The molecule has 22 heavy (non-hydrogen) atoms. The van der Waals surface area contributed by atoms with Crippen LogP contribution < -0.4 is 5.32 Å². The molecular formula is C17H19F2NOS. The van der Waals surface area contributed by atoms with Crippen molar-refractivity contribution in [1.29, 1.82) is 0 Å². The smallest absolute Gasteiger partial charge is 0.136 e. The van der Waals surface area contributed by atoms with Gasteiger partial charge in [-0.1, -0.05) is 12.2 Å². The molecule has 0 saturated carbocycles. The molecule has 3 aliphatic rings. The summed E-state index contributed by atoms with van der Waals surface area (Å²) in [6, 6.07) is 3.12. The van der Waals surface area contributed by atoms with E-state index in [0.717, 1.165) is 37.2 Å². The summed E-state index contributed by atoms with van der Waals surface area (Å²) in [6.45, 7) is 2.20. The van der Waals surface area contributed by atoms with Crippen LogP contribution >= 0.6 is 12.6 Å². The highest BCUT2D eigenvalue weighted by atomic mass is 32.1. The molecule has 0 radical (unpaired) electrons. The van der Waals surface area contributed by atoms with E-state index in [1.165, 1.54) is 18.6 Å². The maximum Gasteiger partial charge on any atom is 0.136 e. The van der Waals surface area contributed by atoms with Crippen LogP contribution in [-0.2, 0) is 4.74 Å². The van der Waals surface area contributed by atoms with Gasteiger partial charge in [0.15, 0.2) is 0 Å². The van der Waals surface area contributed by atoms with E-state index in [1.54, 1.807) is 0 Å². The van der Waals surface area contributed by atoms with Crippen molar-refractivity contribution in [2.24, 2.45) is 11.8 Å². The third kappa shape index (κ3) is 3.36. The molecule has 2 nitrogen and oxygen atoms in total. The molecule has 118 valence electrons. The van der Waals surface area contributed by atoms with E-state index in [9.17, 15) is 8.78 Å². The van der Waals surface area contributed by atoms with Gasteiger partial charge >= 0.3 is 0 Å². The fourth-order valence-corrected chi connectivity index (χ4v) is 3.44. The highest BCUT2D eigenvalue weighted by molar-refractivity contribution is 7.80. The Labute approximate surface area is 134 Å². The fraction of sp³-hybridized carbons (Fsp3) is 0.412. The molecule has 1 N–H and O–H groups in total. The lowest BCUT2D eigenvalue weighted by atomic mass is 9.81. The molecule has 1 aromatic carbocycles. The number of halogens is 2. The molecule has 0 aromatic heterocycles. The monoisotopic (exact) mass is 323 g/mol. The van der Waals surface area contributed by atoms with Crippen molar-refractivity contribution in [3.63, 3.8) is 0 Å². The van der Waals surface area contributed by atoms with E-state index in [2.05, 4.69) is 36.2 Å². The lowest BCUT2D eigenvalue weighted by molar-refractivity contribution is 0.108. The maximum atomic E-state index is 12.3. The fourth-order valence-electron chi connectivity index (χ4n) is 3.24. The van der Waals surface area contributed by atoms with Crippen molar-refractivity contribution in [1.82, 2.24) is 5.32 Å². The summed E-state index contributed by atoms with van der Waals surface area (Å²) in [6.07, 6.45) is 9.45. The highest BCUT2D eigenvalue weighted by Crippen LogP contribution is 2.42. The number of hydrogen-bond donors (Lipinski definition) is 2. The summed E-state index contributed by atoms with van der Waals surface area (Å²) in [7, 11) is 0. The molecule has 2 aliphatic heterocycles. The predicted octanol–water partition coefficient (Wildman–Crippen LogP) is 3.71. The zero-order valence-electron chi connectivity index (χ0n) is 12.1. The summed E-state index contributed by atoms with van der Waals surface area (Å²) in [5.74, 6) is 1.73. The van der Waals surface area contributed by atoms with Crippen LogP contribution in [0, 0.1) is 23.5 Å². The first-order chi connectivity index (χ1) is 10.6. The van der Waals surface area contributed by atoms with Crippen molar-refractivity contribution >= 4 is 12.6 Å². The molecule has 0 amide bonds. The van der Waals surface area contributed by atoms with Crippen molar-refractivity contribution in [3.05, 3.63) is 53.8 Å². The first-order valence-corrected chi connectivity index (χ1v) is 7.98. The minimum Gasteiger partial charge on any atom is -0.493 e. The van der Waals surface area contributed by atoms with Crippen molar-refractivity contribution in [3.8, 4) is 0 Å². The molecule has 1 aromatic rings. The molecule has 1 aliphatic carbocycles. The Hall–Kier alpha value is -1.33. The van der Waals surface area contributed by atoms with Gasteiger partial charge in [-0.3, -0.25) is 0 Å². The van der Waals surface area contributed by atoms with Gasteiger partial charge in [0, 0.05) is 23.3 Å². The molecule has 0 bridgehead atoms. The summed E-state index contributed by atoms with van der Waals surface area (Å²) in [5, 5.41) is 3.39. The Morgan fingerprint density at radius 2 is 2.14 bits per heavy atom. The Balaban J connectivity index is 0.000000142. The third-order valence-corrected chi connectivity index (χ3v) is 4.68. The van der Waals surface area contributed by atoms with Crippen molar-refractivity contribution in [2.75, 3.05) is 13.1 Å². The van der Waals surface area contributed by atoms with Crippen LogP contribution in [-0.4, -0.2) is 19.2 Å². The van der Waals surface area contributed by atoms with E-state index in [1.807, 2.05) is 0 Å². The number of piperidine rings is 1. The van der Waals surface area contributed by atoms with Crippen LogP contribution in [0.3, 0.4) is 0 Å². The van der Waals surface area contributed by atoms with Crippen molar-refractivity contribution in [2.45, 2.75) is 23.8 Å². The first-order valence-electron chi connectivity index (χ1n) is 7.53. The number of hydrogen-bond acceptors (Lipinski definition) is 3. The average molecular weight is 323 g/mol. The van der Waals surface area contributed by atoms with E-state index in [0.29, 0.717) is 12.0 Å². The number of allylic oxidation sites excluding steroid dienone is 4. The Morgan fingerprint density at radius 3 is 2.91 bits per heavy atom. The van der Waals surface area contributed by atoms with Crippen LogP contribution in [0.25, 0.3) is 0 Å². The van der Waals surface area contributed by atoms with Gasteiger partial charge in [0.25, 0.3) is 0 Å². The zero-order chi connectivity index (χ0) is 15.5. The second kappa shape index (κ2) is 6.84. The Bertz CT molecular complexity index is 602. The van der Waals surface area contributed by atoms with E-state index < -0.39 is 11.6 Å². The minimum atomic E-state index is -0.500. The molecule has 2 heterocycles. The lowest BCUT2D eigenvalue weighted by Gasteiger charge is -2.26. The standard InChI is InChI=1S/C11H15NO.C6H4F2S/c1-2-4-10-8(3-1)9-5-6-12-7-11(9)13-10;7-4-1-2-5(8)6(9)3-4/h1-2,4,8-9,11-12H,3,5-7H2;1-3,9H. The molecule has 2 saturated heterocycles. The summed E-state index contributed by atoms with van der Waals surface area (Å²) < 4.78 is 30.3. The minimum absolute atomic E-state index is 0.0370. The molecular weight excluding hydrogens is 304 g/mol. The third-order valence-electron chi connectivity index (χ3n) is 4.34. The van der Waals surface area contributed by atoms with Gasteiger partial charge < -0.3 is 10.1 Å². The van der Waals surface area contributed by atoms with Crippen LogP contribution in [0.5, 0.6) is 0 Å². The van der Waals surface area contributed by atoms with E-state index in [-0.39, 0.29) is 4.90 Å². The van der Waals surface area contributed by atoms with Gasteiger partial charge in [-0.15, -0.1) is 12.6 Å². The lowest BCUT2D eigenvalue weighted by Crippen LogP contribution is -2.39. The molecule has 3 atom stereocenters. The second-order valence-electron chi connectivity index (χ2n) is 5.75. The number of benzene rings is 1. The second-order valence-corrected chi connectivity index (χ2v) is 6.23. The van der Waals surface area contributed by atoms with E-state index in [4.69, 9.17) is 4.74 Å². The SMILES string of the molecule is C1=CCC2C(=C1)OC1CNCCC12.Fc1ccc(F)c(S)c1. The molecule has 5 heteroatoms.